The summed E-state index contributed by atoms with van der Waals surface area (Å²) in [5.41, 5.74) is 1.03. The molecule has 25 heavy (non-hydrogen) atoms. The molecule has 0 fully saturated rings. The van der Waals surface area contributed by atoms with Gasteiger partial charge in [-0.1, -0.05) is 30.3 Å². The van der Waals surface area contributed by atoms with Gasteiger partial charge >= 0.3 is 0 Å². The topological polar surface area (TPSA) is 73.0 Å². The first kappa shape index (κ1) is 15.4. The van der Waals surface area contributed by atoms with Gasteiger partial charge in [0.2, 0.25) is 5.91 Å². The Morgan fingerprint density at radius 1 is 1.20 bits per heavy atom. The van der Waals surface area contributed by atoms with Gasteiger partial charge in [0.05, 0.1) is 6.26 Å². The van der Waals surface area contributed by atoms with Gasteiger partial charge in [0.15, 0.2) is 5.82 Å². The summed E-state index contributed by atoms with van der Waals surface area (Å²) in [5, 5.41) is 11.7. The molecule has 0 spiro atoms. The van der Waals surface area contributed by atoms with Crippen molar-refractivity contribution in [1.29, 1.82) is 0 Å². The van der Waals surface area contributed by atoms with Crippen molar-refractivity contribution in [3.05, 3.63) is 66.4 Å². The molecule has 1 aliphatic heterocycles. The van der Waals surface area contributed by atoms with E-state index in [9.17, 15) is 4.79 Å². The van der Waals surface area contributed by atoms with E-state index in [2.05, 4.69) is 20.1 Å². The lowest BCUT2D eigenvalue weighted by molar-refractivity contribution is -0.117. The molecular formula is C19H18N4O2. The molecule has 0 aliphatic carbocycles. The van der Waals surface area contributed by atoms with Gasteiger partial charge < -0.3 is 14.3 Å². The quantitative estimate of drug-likeness (QED) is 0.745. The molecular weight excluding hydrogens is 316 g/mol. The van der Waals surface area contributed by atoms with Gasteiger partial charge in [-0.3, -0.25) is 4.79 Å². The third-order valence-electron chi connectivity index (χ3n) is 4.27. The van der Waals surface area contributed by atoms with Gasteiger partial charge in [0.25, 0.3) is 0 Å². The van der Waals surface area contributed by atoms with Crippen molar-refractivity contribution < 1.29 is 9.21 Å². The first-order chi connectivity index (χ1) is 12.3. The van der Waals surface area contributed by atoms with Crippen LogP contribution in [0.15, 0.2) is 59.2 Å². The lowest BCUT2D eigenvalue weighted by Gasteiger charge is -2.24. The number of nitrogens with one attached hydrogen (secondary N) is 1. The summed E-state index contributed by atoms with van der Waals surface area (Å²) in [6.45, 7) is 0.674. The highest BCUT2D eigenvalue weighted by Gasteiger charge is 2.24. The van der Waals surface area contributed by atoms with E-state index in [-0.39, 0.29) is 11.9 Å². The lowest BCUT2D eigenvalue weighted by Crippen LogP contribution is -2.40. The monoisotopic (exact) mass is 334 g/mol. The molecule has 6 heteroatoms. The number of hydrogen-bond acceptors (Lipinski definition) is 4. The molecule has 2 aromatic heterocycles. The molecule has 0 saturated carbocycles. The minimum Gasteiger partial charge on any atom is -0.465 e. The molecule has 1 amide bonds. The van der Waals surface area contributed by atoms with Crippen molar-refractivity contribution in [3.8, 4) is 11.4 Å². The first-order valence-electron chi connectivity index (χ1n) is 8.29. The smallest absolute Gasteiger partial charge is 0.244 e. The van der Waals surface area contributed by atoms with E-state index < -0.39 is 0 Å². The summed E-state index contributed by atoms with van der Waals surface area (Å²) in [6.07, 6.45) is 6.40. The van der Waals surface area contributed by atoms with E-state index in [1.807, 2.05) is 30.3 Å². The number of amides is 1. The second-order valence-electron chi connectivity index (χ2n) is 6.01. The van der Waals surface area contributed by atoms with E-state index in [4.69, 9.17) is 4.42 Å². The van der Waals surface area contributed by atoms with Crippen LogP contribution in [0.2, 0.25) is 0 Å². The Morgan fingerprint density at radius 2 is 2.08 bits per heavy atom. The number of nitrogens with zero attached hydrogens (tertiary/aromatic N) is 3. The predicted molar refractivity (Wildman–Crippen MR) is 93.5 cm³/mol. The summed E-state index contributed by atoms with van der Waals surface area (Å²) < 4.78 is 7.28. The average molecular weight is 334 g/mol. The Bertz CT molecular complexity index is 882. The van der Waals surface area contributed by atoms with Crippen molar-refractivity contribution >= 4 is 12.0 Å². The number of aryl methyl sites for hydroxylation is 1. The number of benzene rings is 1. The normalized spacial score (nSPS) is 16.7. The van der Waals surface area contributed by atoms with Crippen LogP contribution in [0.25, 0.3) is 17.5 Å². The minimum absolute atomic E-state index is 0.0553. The summed E-state index contributed by atoms with van der Waals surface area (Å²) in [7, 11) is 0. The molecule has 1 aromatic carbocycles. The van der Waals surface area contributed by atoms with E-state index in [1.165, 1.54) is 6.08 Å². The summed E-state index contributed by atoms with van der Waals surface area (Å²) in [5.74, 6) is 2.35. The van der Waals surface area contributed by atoms with Crippen molar-refractivity contribution in [2.75, 3.05) is 0 Å². The van der Waals surface area contributed by atoms with Gasteiger partial charge in [-0.2, -0.15) is 0 Å². The molecule has 1 atom stereocenters. The van der Waals surface area contributed by atoms with Crippen molar-refractivity contribution in [3.63, 3.8) is 0 Å². The predicted octanol–water partition coefficient (Wildman–Crippen LogP) is 2.68. The number of hydrogen-bond donors (Lipinski definition) is 1. The number of furan rings is 1. The fraction of sp³-hybridized carbons (Fsp3) is 0.211. The Labute approximate surface area is 145 Å². The number of fused-ring (bicyclic) bond motifs is 1. The van der Waals surface area contributed by atoms with Gasteiger partial charge in [-0.15, -0.1) is 10.2 Å². The Balaban J connectivity index is 1.46. The number of carbonyl (C=O) groups excluding carboxylic acids is 1. The van der Waals surface area contributed by atoms with Crippen LogP contribution >= 0.6 is 0 Å². The highest BCUT2D eigenvalue weighted by atomic mass is 16.3. The number of aromatic nitrogens is 3. The van der Waals surface area contributed by atoms with Crippen LogP contribution in [-0.2, 0) is 17.8 Å². The highest BCUT2D eigenvalue weighted by molar-refractivity contribution is 5.91. The molecule has 3 heterocycles. The zero-order valence-corrected chi connectivity index (χ0v) is 13.6. The molecule has 0 saturated heterocycles. The maximum atomic E-state index is 12.1. The van der Waals surface area contributed by atoms with Gasteiger partial charge in [-0.05, 0) is 24.6 Å². The summed E-state index contributed by atoms with van der Waals surface area (Å²) in [4.78, 5) is 12.1. The fourth-order valence-electron chi connectivity index (χ4n) is 3.04. The van der Waals surface area contributed by atoms with Crippen LogP contribution in [0.4, 0.5) is 0 Å². The maximum Gasteiger partial charge on any atom is 0.244 e. The molecule has 126 valence electrons. The van der Waals surface area contributed by atoms with Crippen molar-refractivity contribution in [1.82, 2.24) is 20.1 Å². The van der Waals surface area contributed by atoms with Crippen LogP contribution in [-0.4, -0.2) is 26.7 Å². The second kappa shape index (κ2) is 6.76. The minimum atomic E-state index is -0.126. The van der Waals surface area contributed by atoms with Gasteiger partial charge in [0, 0.05) is 30.6 Å². The molecule has 1 unspecified atom stereocenters. The van der Waals surface area contributed by atoms with Crippen LogP contribution in [0.3, 0.4) is 0 Å². The molecule has 1 N–H and O–H groups in total. The van der Waals surface area contributed by atoms with Crippen LogP contribution in [0.5, 0.6) is 0 Å². The zero-order chi connectivity index (χ0) is 17.1. The van der Waals surface area contributed by atoms with Gasteiger partial charge in [0.1, 0.15) is 11.6 Å². The Hall–Kier alpha value is -3.15. The fourth-order valence-corrected chi connectivity index (χ4v) is 3.04. The van der Waals surface area contributed by atoms with E-state index in [1.54, 1.807) is 24.5 Å². The third-order valence-corrected chi connectivity index (χ3v) is 4.27. The van der Waals surface area contributed by atoms with Crippen LogP contribution in [0.1, 0.15) is 18.0 Å². The molecule has 1 aliphatic rings. The average Bonchev–Trinajstić information content (AvgIpc) is 3.30. The van der Waals surface area contributed by atoms with Gasteiger partial charge in [-0.25, -0.2) is 0 Å². The molecule has 6 nitrogen and oxygen atoms in total. The van der Waals surface area contributed by atoms with E-state index in [0.29, 0.717) is 12.3 Å². The third kappa shape index (κ3) is 3.38. The second-order valence-corrected chi connectivity index (χ2v) is 6.01. The van der Waals surface area contributed by atoms with Crippen LogP contribution in [0, 0.1) is 0 Å². The summed E-state index contributed by atoms with van der Waals surface area (Å²) >= 11 is 0. The SMILES string of the molecule is O=C(/C=C/c1ccco1)NC1CCc2nnc(-c3ccccc3)n2C1. The van der Waals surface area contributed by atoms with E-state index >= 15 is 0 Å². The molecule has 0 bridgehead atoms. The summed E-state index contributed by atoms with van der Waals surface area (Å²) in [6, 6.07) is 13.6. The number of carbonyl (C=O) groups is 1. The Kier molecular flexibility index (Phi) is 4.16. The number of rotatable bonds is 4. The largest absolute Gasteiger partial charge is 0.465 e. The molecule has 3 aromatic rings. The van der Waals surface area contributed by atoms with Crippen LogP contribution < -0.4 is 5.32 Å². The zero-order valence-electron chi connectivity index (χ0n) is 13.6. The van der Waals surface area contributed by atoms with E-state index in [0.717, 1.165) is 30.1 Å². The Morgan fingerprint density at radius 3 is 2.88 bits per heavy atom. The lowest BCUT2D eigenvalue weighted by atomic mass is 10.1. The van der Waals surface area contributed by atoms with Crippen molar-refractivity contribution in [2.24, 2.45) is 0 Å². The highest BCUT2D eigenvalue weighted by Crippen LogP contribution is 2.22. The first-order valence-corrected chi connectivity index (χ1v) is 8.29. The molecule has 0 radical (unpaired) electrons. The van der Waals surface area contributed by atoms with Crippen molar-refractivity contribution in [2.45, 2.75) is 25.4 Å². The maximum absolute atomic E-state index is 12.1. The standard InChI is InChI=1S/C19H18N4O2/c24-18(11-9-16-7-4-12-25-16)20-15-8-10-17-21-22-19(23(17)13-15)14-5-2-1-3-6-14/h1-7,9,11-12,15H,8,10,13H2,(H,20,24)/b11-9+. The molecule has 4 rings (SSSR count).